The van der Waals surface area contributed by atoms with Gasteiger partial charge in [0.15, 0.2) is 0 Å². The lowest BCUT2D eigenvalue weighted by molar-refractivity contribution is 0.398. The van der Waals surface area contributed by atoms with Gasteiger partial charge in [-0.2, -0.15) is 0 Å². The Hall–Kier alpha value is -3.41. The lowest BCUT2D eigenvalue weighted by Gasteiger charge is -1.98. The molecule has 0 aliphatic heterocycles. The average Bonchev–Trinajstić information content (AvgIpc) is 3.06. The first-order valence-corrected chi connectivity index (χ1v) is 7.81. The van der Waals surface area contributed by atoms with Crippen LogP contribution < -0.4 is 21.0 Å². The molecule has 3 N–H and O–H groups in total. The van der Waals surface area contributed by atoms with E-state index in [0.29, 0.717) is 17.4 Å². The second kappa shape index (κ2) is 7.44. The van der Waals surface area contributed by atoms with Gasteiger partial charge in [-0.05, 0) is 36.4 Å². The molecule has 3 aromatic heterocycles. The van der Waals surface area contributed by atoms with Crippen LogP contribution in [0, 0.1) is 0 Å². The van der Waals surface area contributed by atoms with E-state index in [9.17, 15) is 0 Å². The fraction of sp³-hybridized carbons (Fsp3) is 0.105. The molecule has 0 atom stereocenters. The summed E-state index contributed by atoms with van der Waals surface area (Å²) in [7, 11) is 1.57. The van der Waals surface area contributed by atoms with Gasteiger partial charge in [-0.15, -0.1) is 0 Å². The number of pyridine rings is 2. The molecule has 0 bridgehead atoms. The summed E-state index contributed by atoms with van der Waals surface area (Å²) in [6.07, 6.45) is 9.00. The summed E-state index contributed by atoms with van der Waals surface area (Å²) in [5, 5.41) is 1.94. The minimum atomic E-state index is 0.384. The highest BCUT2D eigenvalue weighted by molar-refractivity contribution is 6.08. The molecule has 0 aromatic carbocycles. The molecule has 0 fully saturated rings. The lowest BCUT2D eigenvalue weighted by Crippen LogP contribution is -2.25. The van der Waals surface area contributed by atoms with Crippen molar-refractivity contribution >= 4 is 23.7 Å². The average molecular weight is 333 g/mol. The minimum Gasteiger partial charge on any atom is -0.481 e. The Balaban J connectivity index is 1.97. The molecule has 6 heteroatoms. The Morgan fingerprint density at radius 2 is 2.16 bits per heavy atom. The van der Waals surface area contributed by atoms with E-state index in [-0.39, 0.29) is 0 Å². The number of rotatable bonds is 4. The molecule has 3 aromatic rings. The molecule has 3 rings (SSSR count). The fourth-order valence-corrected chi connectivity index (χ4v) is 2.41. The third-order valence-electron chi connectivity index (χ3n) is 3.64. The summed E-state index contributed by atoms with van der Waals surface area (Å²) in [5.41, 5.74) is 8.72. The topological polar surface area (TPSA) is 89.2 Å². The molecule has 0 amide bonds. The molecule has 126 valence electrons. The second-order valence-corrected chi connectivity index (χ2v) is 5.32. The van der Waals surface area contributed by atoms with E-state index in [4.69, 9.17) is 10.5 Å². The zero-order valence-electron chi connectivity index (χ0n) is 14.1. The number of aromatic amines is 1. The van der Waals surface area contributed by atoms with Crippen LogP contribution in [0.15, 0.2) is 53.9 Å². The molecule has 6 nitrogen and oxygen atoms in total. The second-order valence-electron chi connectivity index (χ2n) is 5.32. The van der Waals surface area contributed by atoms with Crippen LogP contribution in [-0.2, 0) is 0 Å². The number of amidine groups is 1. The van der Waals surface area contributed by atoms with Gasteiger partial charge < -0.3 is 15.5 Å². The van der Waals surface area contributed by atoms with Crippen molar-refractivity contribution in [3.05, 3.63) is 59.5 Å². The third-order valence-corrected chi connectivity index (χ3v) is 3.64. The zero-order chi connectivity index (χ0) is 17.6. The van der Waals surface area contributed by atoms with Gasteiger partial charge in [-0.1, -0.05) is 6.08 Å². The van der Waals surface area contributed by atoms with E-state index >= 15 is 0 Å². The van der Waals surface area contributed by atoms with Crippen LogP contribution in [0.25, 0.3) is 23.4 Å². The molecule has 25 heavy (non-hydrogen) atoms. The standard InChI is InChI=1S/C19H19N5O/c1-3-13-9-16(14-5-4-8-21-11-14)24-17(13)10-18(20)23-15-6-7-19(25-2)22-12-15/h3-12,24H,1-2H3,(H2,20,23)/b13-3-,17-10+. The van der Waals surface area contributed by atoms with Gasteiger partial charge in [0.25, 0.3) is 0 Å². The van der Waals surface area contributed by atoms with Crippen molar-refractivity contribution in [1.29, 1.82) is 0 Å². The van der Waals surface area contributed by atoms with Crippen LogP contribution in [0.2, 0.25) is 0 Å². The van der Waals surface area contributed by atoms with E-state index < -0.39 is 0 Å². The smallest absolute Gasteiger partial charge is 0.213 e. The fourth-order valence-electron chi connectivity index (χ4n) is 2.41. The summed E-state index contributed by atoms with van der Waals surface area (Å²) in [6, 6.07) is 9.51. The molecule has 0 radical (unpaired) electrons. The van der Waals surface area contributed by atoms with Crippen molar-refractivity contribution in [2.24, 2.45) is 10.7 Å². The number of hydrogen-bond donors (Lipinski definition) is 2. The zero-order valence-corrected chi connectivity index (χ0v) is 14.1. The number of nitrogens with zero attached hydrogens (tertiary/aromatic N) is 3. The van der Waals surface area contributed by atoms with E-state index in [1.807, 2.05) is 31.3 Å². The maximum Gasteiger partial charge on any atom is 0.213 e. The van der Waals surface area contributed by atoms with E-state index in [0.717, 1.165) is 21.8 Å². The first-order valence-electron chi connectivity index (χ1n) is 7.81. The maximum atomic E-state index is 6.07. The predicted molar refractivity (Wildman–Crippen MR) is 99.9 cm³/mol. The Morgan fingerprint density at radius 3 is 2.80 bits per heavy atom. The summed E-state index contributed by atoms with van der Waals surface area (Å²) in [4.78, 5) is 16.0. The number of H-pyrrole nitrogens is 1. The summed E-state index contributed by atoms with van der Waals surface area (Å²) >= 11 is 0. The van der Waals surface area contributed by atoms with Gasteiger partial charge >= 0.3 is 0 Å². The number of aromatic nitrogens is 3. The van der Waals surface area contributed by atoms with Crippen LogP contribution in [0.3, 0.4) is 0 Å². The Morgan fingerprint density at radius 1 is 1.28 bits per heavy atom. The van der Waals surface area contributed by atoms with E-state index in [1.165, 1.54) is 0 Å². The molecule has 0 unspecified atom stereocenters. The maximum absolute atomic E-state index is 6.07. The van der Waals surface area contributed by atoms with Crippen LogP contribution in [0.4, 0.5) is 5.69 Å². The Bertz CT molecular complexity index is 989. The van der Waals surface area contributed by atoms with Crippen molar-refractivity contribution < 1.29 is 4.74 Å². The molecular formula is C19H19N5O. The summed E-state index contributed by atoms with van der Waals surface area (Å²) in [5.74, 6) is 0.921. The normalized spacial score (nSPS) is 13.3. The quantitative estimate of drug-likeness (QED) is 0.562. The van der Waals surface area contributed by atoms with Gasteiger partial charge in [0.1, 0.15) is 5.84 Å². The van der Waals surface area contributed by atoms with Gasteiger partial charge in [-0.3, -0.25) is 4.98 Å². The molecular weight excluding hydrogens is 314 g/mol. The molecule has 0 saturated carbocycles. The predicted octanol–water partition coefficient (Wildman–Crippen LogP) is 1.75. The molecule has 3 heterocycles. The molecule has 0 aliphatic rings. The third kappa shape index (κ3) is 3.92. The highest BCUT2D eigenvalue weighted by Crippen LogP contribution is 2.14. The largest absolute Gasteiger partial charge is 0.481 e. The van der Waals surface area contributed by atoms with Crippen molar-refractivity contribution in [3.8, 4) is 17.1 Å². The van der Waals surface area contributed by atoms with Crippen molar-refractivity contribution in [2.45, 2.75) is 6.92 Å². The monoisotopic (exact) mass is 333 g/mol. The number of methoxy groups -OCH3 is 1. The van der Waals surface area contributed by atoms with Crippen LogP contribution in [-0.4, -0.2) is 27.9 Å². The van der Waals surface area contributed by atoms with E-state index in [2.05, 4.69) is 26.0 Å². The number of hydrogen-bond acceptors (Lipinski definition) is 4. The highest BCUT2D eigenvalue weighted by atomic mass is 16.5. The molecule has 0 saturated heterocycles. The van der Waals surface area contributed by atoms with Crippen LogP contribution in [0.5, 0.6) is 5.88 Å². The Kier molecular flexibility index (Phi) is 4.89. The van der Waals surface area contributed by atoms with Crippen LogP contribution >= 0.6 is 0 Å². The van der Waals surface area contributed by atoms with Crippen molar-refractivity contribution in [1.82, 2.24) is 15.0 Å². The number of nitrogens with two attached hydrogens (primary N) is 1. The van der Waals surface area contributed by atoms with Crippen LogP contribution in [0.1, 0.15) is 6.92 Å². The first kappa shape index (κ1) is 16.4. The van der Waals surface area contributed by atoms with Gasteiger partial charge in [0.2, 0.25) is 5.88 Å². The lowest BCUT2D eigenvalue weighted by atomic mass is 10.2. The highest BCUT2D eigenvalue weighted by Gasteiger charge is 2.01. The Labute approximate surface area is 145 Å². The van der Waals surface area contributed by atoms with Gasteiger partial charge in [0.05, 0.1) is 19.0 Å². The first-order chi connectivity index (χ1) is 12.2. The van der Waals surface area contributed by atoms with Gasteiger partial charge in [0, 0.05) is 41.1 Å². The van der Waals surface area contributed by atoms with E-state index in [1.54, 1.807) is 37.7 Å². The minimum absolute atomic E-state index is 0.384. The number of ether oxygens (including phenoxy) is 1. The van der Waals surface area contributed by atoms with Crippen molar-refractivity contribution in [2.75, 3.05) is 7.11 Å². The van der Waals surface area contributed by atoms with Gasteiger partial charge in [-0.25, -0.2) is 9.98 Å². The number of nitrogens with one attached hydrogen (secondary N) is 1. The SMILES string of the molecule is C/C=c1/cc(-c2cccnc2)[nH]/c1=C/C(N)=Nc1ccc(OC)nc1. The molecule has 0 spiro atoms. The summed E-state index contributed by atoms with van der Waals surface area (Å²) < 4.78 is 5.03. The molecule has 0 aliphatic carbocycles. The summed E-state index contributed by atoms with van der Waals surface area (Å²) in [6.45, 7) is 1.98. The van der Waals surface area contributed by atoms with Crippen molar-refractivity contribution in [3.63, 3.8) is 0 Å². The number of aliphatic imine (C=N–C) groups is 1.